The number of aliphatic hydroxyl groups is 1. The zero-order valence-corrected chi connectivity index (χ0v) is 8.05. The lowest BCUT2D eigenvalue weighted by Crippen LogP contribution is -2.36. The number of hydrogen-bond acceptors (Lipinski definition) is 4. The molecule has 0 saturated carbocycles. The topological polar surface area (TPSA) is 79.2 Å². The van der Waals surface area contributed by atoms with Gasteiger partial charge in [-0.3, -0.25) is 0 Å². The Morgan fingerprint density at radius 2 is 2.36 bits per heavy atom. The first-order chi connectivity index (χ1) is 6.69. The zero-order valence-electron chi connectivity index (χ0n) is 8.05. The largest absolute Gasteiger partial charge is 0.465 e. The molecule has 1 rings (SSSR count). The van der Waals surface area contributed by atoms with Crippen molar-refractivity contribution in [2.75, 3.05) is 27.1 Å². The standard InChI is InChI=1S/C8H15NO5/c1-13-5-14-7-2-6(4-10)9(3-7)8(11)12/h6-7,10H,2-5H2,1H3,(H,11,12). The highest BCUT2D eigenvalue weighted by molar-refractivity contribution is 5.66. The Morgan fingerprint density at radius 3 is 2.79 bits per heavy atom. The lowest BCUT2D eigenvalue weighted by molar-refractivity contribution is -0.0669. The summed E-state index contributed by atoms with van der Waals surface area (Å²) >= 11 is 0. The number of nitrogens with zero attached hydrogens (tertiary/aromatic N) is 1. The highest BCUT2D eigenvalue weighted by Crippen LogP contribution is 2.19. The summed E-state index contributed by atoms with van der Waals surface area (Å²) < 4.78 is 9.94. The average molecular weight is 205 g/mol. The third-order valence-corrected chi connectivity index (χ3v) is 2.25. The minimum absolute atomic E-state index is 0.149. The molecule has 0 radical (unpaired) electrons. The summed E-state index contributed by atoms with van der Waals surface area (Å²) in [6.45, 7) is 0.277. The van der Waals surface area contributed by atoms with Crippen LogP contribution in [0, 0.1) is 0 Å². The second-order valence-corrected chi connectivity index (χ2v) is 3.20. The first kappa shape index (κ1) is 11.2. The van der Waals surface area contributed by atoms with Gasteiger partial charge in [-0.05, 0) is 6.42 Å². The van der Waals surface area contributed by atoms with Gasteiger partial charge in [0.05, 0.1) is 25.3 Å². The molecule has 0 bridgehead atoms. The fourth-order valence-corrected chi connectivity index (χ4v) is 1.57. The first-order valence-corrected chi connectivity index (χ1v) is 4.40. The quantitative estimate of drug-likeness (QED) is 0.617. The number of carboxylic acid groups (broad SMARTS) is 1. The van der Waals surface area contributed by atoms with E-state index in [4.69, 9.17) is 19.7 Å². The first-order valence-electron chi connectivity index (χ1n) is 4.40. The summed E-state index contributed by atoms with van der Waals surface area (Å²) in [5, 5.41) is 17.7. The van der Waals surface area contributed by atoms with E-state index < -0.39 is 6.09 Å². The Bertz CT molecular complexity index is 198. The van der Waals surface area contributed by atoms with Crippen LogP contribution in [-0.2, 0) is 9.47 Å². The minimum atomic E-state index is -1.02. The van der Waals surface area contributed by atoms with Gasteiger partial charge in [0.1, 0.15) is 6.79 Å². The monoisotopic (exact) mass is 205 g/mol. The molecular weight excluding hydrogens is 190 g/mol. The predicted molar refractivity (Wildman–Crippen MR) is 47.0 cm³/mol. The maximum absolute atomic E-state index is 10.7. The summed E-state index contributed by atoms with van der Waals surface area (Å²) in [6.07, 6.45) is -0.678. The van der Waals surface area contributed by atoms with Crippen LogP contribution in [0.3, 0.4) is 0 Å². The second kappa shape index (κ2) is 5.14. The molecule has 0 aromatic heterocycles. The van der Waals surface area contributed by atoms with Gasteiger partial charge in [0.15, 0.2) is 0 Å². The SMILES string of the molecule is COCOC1CC(CO)N(C(=O)O)C1. The third kappa shape index (κ3) is 2.57. The number of ether oxygens (including phenoxy) is 2. The molecule has 14 heavy (non-hydrogen) atoms. The number of aliphatic hydroxyl groups excluding tert-OH is 1. The lowest BCUT2D eigenvalue weighted by atomic mass is 10.2. The van der Waals surface area contributed by atoms with Crippen molar-refractivity contribution in [3.05, 3.63) is 0 Å². The van der Waals surface area contributed by atoms with Gasteiger partial charge in [0.25, 0.3) is 0 Å². The Hall–Kier alpha value is -0.850. The van der Waals surface area contributed by atoms with Crippen LogP contribution in [0.2, 0.25) is 0 Å². The molecule has 1 amide bonds. The molecular formula is C8H15NO5. The molecule has 6 nitrogen and oxygen atoms in total. The fraction of sp³-hybridized carbons (Fsp3) is 0.875. The van der Waals surface area contributed by atoms with Gasteiger partial charge in [-0.25, -0.2) is 4.79 Å². The molecule has 1 saturated heterocycles. The van der Waals surface area contributed by atoms with Crippen molar-refractivity contribution in [2.24, 2.45) is 0 Å². The van der Waals surface area contributed by atoms with Gasteiger partial charge in [-0.2, -0.15) is 0 Å². The van der Waals surface area contributed by atoms with Crippen LogP contribution < -0.4 is 0 Å². The van der Waals surface area contributed by atoms with Crippen molar-refractivity contribution < 1.29 is 24.5 Å². The van der Waals surface area contributed by atoms with Crippen molar-refractivity contribution in [3.8, 4) is 0 Å². The molecule has 6 heteroatoms. The van der Waals surface area contributed by atoms with Crippen LogP contribution in [0.4, 0.5) is 4.79 Å². The molecule has 1 aliphatic heterocycles. The maximum atomic E-state index is 10.7. The van der Waals surface area contributed by atoms with Gasteiger partial charge < -0.3 is 24.6 Å². The van der Waals surface area contributed by atoms with E-state index in [0.29, 0.717) is 13.0 Å². The zero-order chi connectivity index (χ0) is 10.6. The van der Waals surface area contributed by atoms with E-state index in [0.717, 1.165) is 0 Å². The number of likely N-dealkylation sites (tertiary alicyclic amines) is 1. The van der Waals surface area contributed by atoms with Crippen molar-refractivity contribution >= 4 is 6.09 Å². The van der Waals surface area contributed by atoms with Crippen LogP contribution in [0.15, 0.2) is 0 Å². The fourth-order valence-electron chi connectivity index (χ4n) is 1.57. The van der Waals surface area contributed by atoms with Crippen LogP contribution in [0.25, 0.3) is 0 Å². The maximum Gasteiger partial charge on any atom is 0.407 e. The summed E-state index contributed by atoms with van der Waals surface area (Å²) in [5.74, 6) is 0. The third-order valence-electron chi connectivity index (χ3n) is 2.25. The van der Waals surface area contributed by atoms with Crippen LogP contribution in [0.5, 0.6) is 0 Å². The number of methoxy groups -OCH3 is 1. The van der Waals surface area contributed by atoms with E-state index in [9.17, 15) is 4.79 Å². The summed E-state index contributed by atoms with van der Waals surface area (Å²) in [5.41, 5.74) is 0. The molecule has 1 heterocycles. The highest BCUT2D eigenvalue weighted by Gasteiger charge is 2.35. The Labute approximate surface area is 82.0 Å². The summed E-state index contributed by atoms with van der Waals surface area (Å²) in [4.78, 5) is 11.9. The smallest absolute Gasteiger partial charge is 0.407 e. The van der Waals surface area contributed by atoms with Crippen molar-refractivity contribution in [1.82, 2.24) is 4.90 Å². The molecule has 0 aliphatic carbocycles. The van der Waals surface area contributed by atoms with Crippen LogP contribution in [-0.4, -0.2) is 60.4 Å². The van der Waals surface area contributed by atoms with E-state index in [1.807, 2.05) is 0 Å². The van der Waals surface area contributed by atoms with Crippen LogP contribution in [0.1, 0.15) is 6.42 Å². The van der Waals surface area contributed by atoms with E-state index in [-0.39, 0.29) is 25.5 Å². The molecule has 82 valence electrons. The van der Waals surface area contributed by atoms with E-state index in [1.54, 1.807) is 0 Å². The highest BCUT2D eigenvalue weighted by atomic mass is 16.7. The molecule has 1 aliphatic rings. The predicted octanol–water partition coefficient (Wildman–Crippen LogP) is -0.280. The van der Waals surface area contributed by atoms with Gasteiger partial charge in [0, 0.05) is 7.11 Å². The van der Waals surface area contributed by atoms with Crippen molar-refractivity contribution in [2.45, 2.75) is 18.6 Å². The Balaban J connectivity index is 2.43. The van der Waals surface area contributed by atoms with E-state index in [2.05, 4.69) is 0 Å². The van der Waals surface area contributed by atoms with Gasteiger partial charge in [-0.15, -0.1) is 0 Å². The average Bonchev–Trinajstić information content (AvgIpc) is 2.57. The number of hydrogen-bond donors (Lipinski definition) is 2. The second-order valence-electron chi connectivity index (χ2n) is 3.20. The molecule has 0 spiro atoms. The van der Waals surface area contributed by atoms with Crippen molar-refractivity contribution in [3.63, 3.8) is 0 Å². The molecule has 2 unspecified atom stereocenters. The van der Waals surface area contributed by atoms with E-state index >= 15 is 0 Å². The summed E-state index contributed by atoms with van der Waals surface area (Å²) in [6, 6.07) is -0.352. The lowest BCUT2D eigenvalue weighted by Gasteiger charge is -2.18. The van der Waals surface area contributed by atoms with Gasteiger partial charge >= 0.3 is 6.09 Å². The van der Waals surface area contributed by atoms with Gasteiger partial charge in [-0.1, -0.05) is 0 Å². The molecule has 0 aromatic rings. The number of carbonyl (C=O) groups is 1. The Morgan fingerprint density at radius 1 is 1.64 bits per heavy atom. The van der Waals surface area contributed by atoms with E-state index in [1.165, 1.54) is 12.0 Å². The minimum Gasteiger partial charge on any atom is -0.465 e. The van der Waals surface area contributed by atoms with Crippen molar-refractivity contribution in [1.29, 1.82) is 0 Å². The normalized spacial score (nSPS) is 26.9. The van der Waals surface area contributed by atoms with Crippen LogP contribution >= 0.6 is 0 Å². The molecule has 2 atom stereocenters. The van der Waals surface area contributed by atoms with Gasteiger partial charge in [0.2, 0.25) is 0 Å². The molecule has 1 fully saturated rings. The molecule has 0 aromatic carbocycles. The number of amides is 1. The Kier molecular flexibility index (Phi) is 4.12. The molecule has 2 N–H and O–H groups in total. The summed E-state index contributed by atoms with van der Waals surface area (Å²) in [7, 11) is 1.51. The number of rotatable bonds is 4.